The Morgan fingerprint density at radius 2 is 1.91 bits per heavy atom. The van der Waals surface area contributed by atoms with Crippen molar-refractivity contribution >= 4 is 17.2 Å². The van der Waals surface area contributed by atoms with Crippen LogP contribution in [0.1, 0.15) is 22.8 Å². The van der Waals surface area contributed by atoms with Crippen molar-refractivity contribution in [2.24, 2.45) is 0 Å². The number of ether oxygens (including phenoxy) is 2. The molecule has 0 saturated heterocycles. The van der Waals surface area contributed by atoms with Gasteiger partial charge >= 0.3 is 0 Å². The van der Waals surface area contributed by atoms with E-state index in [4.69, 9.17) is 9.47 Å². The first kappa shape index (κ1) is 17.1. The van der Waals surface area contributed by atoms with Gasteiger partial charge in [0.05, 0.1) is 20.8 Å². The fraction of sp³-hybridized carbons (Fsp3) is 0.312. The molecule has 0 aliphatic rings. The summed E-state index contributed by atoms with van der Waals surface area (Å²) >= 11 is 1.48. The van der Waals surface area contributed by atoms with E-state index < -0.39 is 11.5 Å². The van der Waals surface area contributed by atoms with E-state index in [0.29, 0.717) is 0 Å². The van der Waals surface area contributed by atoms with Crippen LogP contribution in [-0.4, -0.2) is 36.9 Å². The Hall–Kier alpha value is -2.25. The molecule has 0 bridgehead atoms. The van der Waals surface area contributed by atoms with E-state index in [-0.39, 0.29) is 29.4 Å². The first-order valence-corrected chi connectivity index (χ1v) is 7.81. The number of thiophene rings is 1. The number of phenolic OH excluding ortho intramolecular Hbond substituents is 1. The van der Waals surface area contributed by atoms with Gasteiger partial charge in [0.25, 0.3) is 5.91 Å². The number of hydrogen-bond acceptors (Lipinski definition) is 6. The van der Waals surface area contributed by atoms with Crippen LogP contribution in [0.3, 0.4) is 0 Å². The monoisotopic (exact) mass is 337 g/mol. The third kappa shape index (κ3) is 3.75. The van der Waals surface area contributed by atoms with E-state index in [0.717, 1.165) is 5.56 Å². The predicted octanol–water partition coefficient (Wildman–Crippen LogP) is 2.11. The lowest BCUT2D eigenvalue weighted by Gasteiger charge is -2.23. The van der Waals surface area contributed by atoms with Gasteiger partial charge in [-0.1, -0.05) is 0 Å². The van der Waals surface area contributed by atoms with E-state index in [2.05, 4.69) is 5.32 Å². The average molecular weight is 337 g/mol. The molecule has 124 valence electrons. The molecular formula is C16H19NO5S. The van der Waals surface area contributed by atoms with Crippen LogP contribution in [0.15, 0.2) is 29.0 Å². The van der Waals surface area contributed by atoms with Crippen molar-refractivity contribution in [1.82, 2.24) is 5.32 Å². The number of aliphatic hydroxyl groups is 1. The summed E-state index contributed by atoms with van der Waals surface area (Å²) in [7, 11) is 2.77. The Kier molecular flexibility index (Phi) is 5.12. The van der Waals surface area contributed by atoms with Crippen LogP contribution in [0.25, 0.3) is 0 Å². The number of amides is 1. The van der Waals surface area contributed by atoms with Crippen LogP contribution in [-0.2, 0) is 5.60 Å². The molecule has 1 aromatic carbocycles. The number of carbonyl (C=O) groups is 1. The Balaban J connectivity index is 2.15. The SMILES string of the molecule is COc1cc(C(=O)NC[C@](C)(O)c2ccsc2)cc(OC)c1O. The molecule has 0 spiro atoms. The van der Waals surface area contributed by atoms with Gasteiger partial charge in [0.15, 0.2) is 11.5 Å². The molecule has 2 aromatic rings. The third-order valence-corrected chi connectivity index (χ3v) is 4.16. The van der Waals surface area contributed by atoms with Gasteiger partial charge < -0.3 is 25.0 Å². The second kappa shape index (κ2) is 6.89. The van der Waals surface area contributed by atoms with E-state index in [1.165, 1.54) is 37.7 Å². The maximum atomic E-state index is 12.3. The lowest BCUT2D eigenvalue weighted by atomic mass is 9.99. The minimum atomic E-state index is -1.17. The average Bonchev–Trinajstić information content (AvgIpc) is 3.08. The Morgan fingerprint density at radius 3 is 2.39 bits per heavy atom. The summed E-state index contributed by atoms with van der Waals surface area (Å²) in [6.45, 7) is 1.68. The van der Waals surface area contributed by atoms with Crippen LogP contribution in [0.2, 0.25) is 0 Å². The molecule has 1 amide bonds. The van der Waals surface area contributed by atoms with Crippen LogP contribution in [0.5, 0.6) is 17.2 Å². The maximum absolute atomic E-state index is 12.3. The normalized spacial score (nSPS) is 13.2. The molecule has 3 N–H and O–H groups in total. The van der Waals surface area contributed by atoms with Crippen molar-refractivity contribution in [3.8, 4) is 17.2 Å². The molecule has 1 aromatic heterocycles. The molecule has 1 atom stereocenters. The first-order chi connectivity index (χ1) is 10.9. The van der Waals surface area contributed by atoms with E-state index in [9.17, 15) is 15.0 Å². The topological polar surface area (TPSA) is 88.0 Å². The highest BCUT2D eigenvalue weighted by Gasteiger charge is 2.25. The van der Waals surface area contributed by atoms with Crippen LogP contribution in [0.4, 0.5) is 0 Å². The number of aromatic hydroxyl groups is 1. The summed E-state index contributed by atoms with van der Waals surface area (Å²) in [6, 6.07) is 4.63. The molecule has 0 radical (unpaired) electrons. The van der Waals surface area contributed by atoms with Gasteiger partial charge in [-0.2, -0.15) is 11.3 Å². The first-order valence-electron chi connectivity index (χ1n) is 6.87. The third-order valence-electron chi connectivity index (χ3n) is 3.48. The van der Waals surface area contributed by atoms with Crippen molar-refractivity contribution in [3.05, 3.63) is 40.1 Å². The molecule has 2 rings (SSSR count). The molecule has 7 heteroatoms. The molecule has 0 aliphatic carbocycles. The number of benzene rings is 1. The summed E-state index contributed by atoms with van der Waals surface area (Å²) in [4.78, 5) is 12.3. The van der Waals surface area contributed by atoms with Gasteiger partial charge in [-0.3, -0.25) is 4.79 Å². The number of hydrogen-bond donors (Lipinski definition) is 3. The van der Waals surface area contributed by atoms with Crippen LogP contribution >= 0.6 is 11.3 Å². The quantitative estimate of drug-likeness (QED) is 0.751. The van der Waals surface area contributed by atoms with Gasteiger partial charge in [0, 0.05) is 5.56 Å². The standard InChI is InChI=1S/C16H19NO5S/c1-16(20,11-4-5-23-8-11)9-17-15(19)10-6-12(21-2)14(18)13(7-10)22-3/h4-8,18,20H,9H2,1-3H3,(H,17,19)/t16-/m0/s1. The van der Waals surface area contributed by atoms with Gasteiger partial charge in [-0.25, -0.2) is 0 Å². The fourth-order valence-electron chi connectivity index (χ4n) is 2.05. The number of rotatable bonds is 6. The number of methoxy groups -OCH3 is 2. The number of carbonyl (C=O) groups excluding carboxylic acids is 1. The van der Waals surface area contributed by atoms with E-state index in [1.54, 1.807) is 6.92 Å². The van der Waals surface area contributed by atoms with Gasteiger partial charge in [-0.05, 0) is 41.4 Å². The van der Waals surface area contributed by atoms with Crippen LogP contribution < -0.4 is 14.8 Å². The summed E-state index contributed by atoms with van der Waals surface area (Å²) in [5, 5.41) is 26.6. The van der Waals surface area contributed by atoms with Gasteiger partial charge in [0.2, 0.25) is 5.75 Å². The maximum Gasteiger partial charge on any atom is 0.251 e. The summed E-state index contributed by atoms with van der Waals surface area (Å²) < 4.78 is 10.0. The zero-order chi connectivity index (χ0) is 17.0. The number of nitrogens with one attached hydrogen (secondary N) is 1. The smallest absolute Gasteiger partial charge is 0.251 e. The molecule has 0 saturated carbocycles. The highest BCUT2D eigenvalue weighted by atomic mass is 32.1. The Bertz CT molecular complexity index is 657. The molecule has 0 unspecified atom stereocenters. The van der Waals surface area contributed by atoms with Crippen molar-refractivity contribution < 1.29 is 24.5 Å². The fourth-order valence-corrected chi connectivity index (χ4v) is 2.83. The summed E-state index contributed by atoms with van der Waals surface area (Å²) in [5.74, 6) is -0.299. The lowest BCUT2D eigenvalue weighted by molar-refractivity contribution is 0.0530. The van der Waals surface area contributed by atoms with Gasteiger partial charge in [-0.15, -0.1) is 0 Å². The molecule has 6 nitrogen and oxygen atoms in total. The molecule has 23 heavy (non-hydrogen) atoms. The van der Waals surface area contributed by atoms with Crippen molar-refractivity contribution in [3.63, 3.8) is 0 Å². The van der Waals surface area contributed by atoms with Crippen molar-refractivity contribution in [1.29, 1.82) is 0 Å². The van der Waals surface area contributed by atoms with Crippen molar-refractivity contribution in [2.75, 3.05) is 20.8 Å². The zero-order valence-electron chi connectivity index (χ0n) is 13.1. The largest absolute Gasteiger partial charge is 0.502 e. The Labute approximate surface area is 138 Å². The molecule has 0 aliphatic heterocycles. The highest BCUT2D eigenvalue weighted by Crippen LogP contribution is 2.37. The second-order valence-corrected chi connectivity index (χ2v) is 5.98. The molecular weight excluding hydrogens is 318 g/mol. The number of phenols is 1. The Morgan fingerprint density at radius 1 is 1.30 bits per heavy atom. The van der Waals surface area contributed by atoms with Crippen molar-refractivity contribution in [2.45, 2.75) is 12.5 Å². The summed E-state index contributed by atoms with van der Waals surface area (Å²) in [5.41, 5.74) is -0.165. The minimum absolute atomic E-state index is 0.0497. The van der Waals surface area contributed by atoms with Crippen LogP contribution in [0, 0.1) is 0 Å². The van der Waals surface area contributed by atoms with E-state index in [1.807, 2.05) is 16.8 Å². The zero-order valence-corrected chi connectivity index (χ0v) is 13.9. The highest BCUT2D eigenvalue weighted by molar-refractivity contribution is 7.08. The summed E-state index contributed by atoms with van der Waals surface area (Å²) in [6.07, 6.45) is 0. The van der Waals surface area contributed by atoms with E-state index >= 15 is 0 Å². The van der Waals surface area contributed by atoms with Gasteiger partial charge in [0.1, 0.15) is 5.60 Å². The molecule has 0 fully saturated rings. The molecule has 1 heterocycles. The second-order valence-electron chi connectivity index (χ2n) is 5.20. The predicted molar refractivity (Wildman–Crippen MR) is 87.4 cm³/mol. The lowest BCUT2D eigenvalue weighted by Crippen LogP contribution is -2.38. The minimum Gasteiger partial charge on any atom is -0.502 e.